The summed E-state index contributed by atoms with van der Waals surface area (Å²) >= 11 is 0. The molecule has 0 heterocycles. The van der Waals surface area contributed by atoms with Crippen LogP contribution < -0.4 is 10.5 Å². The molecule has 0 spiro atoms. The van der Waals surface area contributed by atoms with E-state index in [0.717, 1.165) is 22.4 Å². The average Bonchev–Trinajstić information content (AvgIpc) is 2.46. The van der Waals surface area contributed by atoms with Gasteiger partial charge in [-0.05, 0) is 42.7 Å². The van der Waals surface area contributed by atoms with Gasteiger partial charge in [0.25, 0.3) is 0 Å². The van der Waals surface area contributed by atoms with Crippen molar-refractivity contribution in [1.29, 1.82) is 5.26 Å². The number of hydrogen-bond donors (Lipinski definition) is 1. The fourth-order valence-corrected chi connectivity index (χ4v) is 2.21. The largest absolute Gasteiger partial charge is 0.491 e. The lowest BCUT2D eigenvalue weighted by molar-refractivity contribution is 0.287. The lowest BCUT2D eigenvalue weighted by Crippen LogP contribution is -2.19. The molecule has 0 saturated heterocycles. The molecule has 0 aliphatic rings. The molecule has 3 nitrogen and oxygen atoms in total. The van der Waals surface area contributed by atoms with Crippen LogP contribution in [0.2, 0.25) is 0 Å². The van der Waals surface area contributed by atoms with Gasteiger partial charge in [-0.2, -0.15) is 5.26 Å². The fraction of sp³-hybridized carbons (Fsp3) is 0.235. The Morgan fingerprint density at radius 2 is 1.75 bits per heavy atom. The maximum absolute atomic E-state index is 8.93. The molecule has 1 unspecified atom stereocenters. The summed E-state index contributed by atoms with van der Waals surface area (Å²) in [5.41, 5.74) is 9.75. The molecule has 0 aromatic heterocycles. The number of nitrogens with two attached hydrogens (primary N) is 1. The molecule has 0 saturated carbocycles. The highest BCUT2D eigenvalue weighted by Gasteiger charge is 2.10. The van der Waals surface area contributed by atoms with Crippen LogP contribution in [0.4, 0.5) is 0 Å². The van der Waals surface area contributed by atoms with Gasteiger partial charge in [0.15, 0.2) is 0 Å². The van der Waals surface area contributed by atoms with E-state index in [4.69, 9.17) is 15.7 Å². The molecule has 102 valence electrons. The maximum Gasteiger partial charge on any atom is 0.125 e. The third-order valence-corrected chi connectivity index (χ3v) is 3.22. The van der Waals surface area contributed by atoms with Crippen LogP contribution in [0.3, 0.4) is 0 Å². The number of aryl methyl sites for hydroxylation is 2. The Bertz CT molecular complexity index is 606. The minimum atomic E-state index is -0.161. The van der Waals surface area contributed by atoms with Crippen molar-refractivity contribution in [2.45, 2.75) is 19.9 Å². The topological polar surface area (TPSA) is 59.0 Å². The number of nitrogens with zero attached hydrogens (tertiary/aromatic N) is 1. The number of nitriles is 1. The smallest absolute Gasteiger partial charge is 0.125 e. The van der Waals surface area contributed by atoms with E-state index in [2.05, 4.69) is 6.07 Å². The zero-order valence-electron chi connectivity index (χ0n) is 11.8. The molecule has 0 fully saturated rings. The van der Waals surface area contributed by atoms with Gasteiger partial charge in [-0.1, -0.05) is 30.3 Å². The van der Waals surface area contributed by atoms with Gasteiger partial charge in [-0.25, -0.2) is 0 Å². The molecule has 1 atom stereocenters. The molecular formula is C17H18N2O. The van der Waals surface area contributed by atoms with Gasteiger partial charge in [0.1, 0.15) is 12.4 Å². The van der Waals surface area contributed by atoms with Crippen molar-refractivity contribution in [2.24, 2.45) is 5.73 Å². The first-order valence-corrected chi connectivity index (χ1v) is 6.56. The summed E-state index contributed by atoms with van der Waals surface area (Å²) in [6.45, 7) is 4.30. The third kappa shape index (κ3) is 3.17. The van der Waals surface area contributed by atoms with E-state index in [-0.39, 0.29) is 6.04 Å². The predicted octanol–water partition coefficient (Wildman–Crippen LogP) is 3.25. The number of rotatable bonds is 4. The monoisotopic (exact) mass is 266 g/mol. The molecule has 2 N–H and O–H groups in total. The first kappa shape index (κ1) is 14.1. The Kier molecular flexibility index (Phi) is 4.39. The summed E-state index contributed by atoms with van der Waals surface area (Å²) < 4.78 is 5.85. The summed E-state index contributed by atoms with van der Waals surface area (Å²) in [6.07, 6.45) is 0. The Hall–Kier alpha value is -2.31. The molecule has 0 bridgehead atoms. The van der Waals surface area contributed by atoms with Crippen LogP contribution >= 0.6 is 0 Å². The molecule has 3 heteroatoms. The van der Waals surface area contributed by atoms with Crippen molar-refractivity contribution < 1.29 is 4.74 Å². The minimum Gasteiger partial charge on any atom is -0.491 e. The van der Waals surface area contributed by atoms with Gasteiger partial charge in [0.2, 0.25) is 0 Å². The van der Waals surface area contributed by atoms with Crippen LogP contribution in [0.5, 0.6) is 5.75 Å². The van der Waals surface area contributed by atoms with Crippen LogP contribution in [0.15, 0.2) is 42.5 Å². The zero-order chi connectivity index (χ0) is 14.5. The minimum absolute atomic E-state index is 0.161. The van der Waals surface area contributed by atoms with Crippen LogP contribution in [-0.2, 0) is 0 Å². The Labute approximate surface area is 119 Å². The molecular weight excluding hydrogens is 248 g/mol. The number of hydrogen-bond acceptors (Lipinski definition) is 3. The number of ether oxygens (including phenoxy) is 1. The molecule has 0 aliphatic heterocycles. The molecule has 2 aromatic carbocycles. The van der Waals surface area contributed by atoms with E-state index in [1.807, 2.05) is 56.3 Å². The highest BCUT2D eigenvalue weighted by Crippen LogP contribution is 2.25. The lowest BCUT2D eigenvalue weighted by atomic mass is 10.1. The van der Waals surface area contributed by atoms with Crippen LogP contribution in [-0.4, -0.2) is 6.61 Å². The SMILES string of the molecule is Cc1cc(C#N)cc(C)c1OCC(N)c1ccccc1. The second-order valence-corrected chi connectivity index (χ2v) is 4.88. The fourth-order valence-electron chi connectivity index (χ4n) is 2.21. The van der Waals surface area contributed by atoms with E-state index >= 15 is 0 Å². The van der Waals surface area contributed by atoms with Gasteiger partial charge in [-0.15, -0.1) is 0 Å². The normalized spacial score (nSPS) is 11.7. The lowest BCUT2D eigenvalue weighted by Gasteiger charge is -2.16. The van der Waals surface area contributed by atoms with Crippen molar-refractivity contribution >= 4 is 0 Å². The van der Waals surface area contributed by atoms with Crippen LogP contribution in [0, 0.1) is 25.2 Å². The van der Waals surface area contributed by atoms with Crippen molar-refractivity contribution in [2.75, 3.05) is 6.61 Å². The third-order valence-electron chi connectivity index (χ3n) is 3.22. The van der Waals surface area contributed by atoms with E-state index in [1.165, 1.54) is 0 Å². The van der Waals surface area contributed by atoms with Crippen LogP contribution in [0.25, 0.3) is 0 Å². The van der Waals surface area contributed by atoms with Gasteiger partial charge < -0.3 is 10.5 Å². The number of benzene rings is 2. The molecule has 2 aromatic rings. The highest BCUT2D eigenvalue weighted by molar-refractivity contribution is 5.47. The van der Waals surface area contributed by atoms with Gasteiger partial charge >= 0.3 is 0 Å². The molecule has 20 heavy (non-hydrogen) atoms. The summed E-state index contributed by atoms with van der Waals surface area (Å²) in [7, 11) is 0. The quantitative estimate of drug-likeness (QED) is 0.924. The van der Waals surface area contributed by atoms with Crippen molar-refractivity contribution in [1.82, 2.24) is 0 Å². The zero-order valence-corrected chi connectivity index (χ0v) is 11.8. The highest BCUT2D eigenvalue weighted by atomic mass is 16.5. The second kappa shape index (κ2) is 6.23. The van der Waals surface area contributed by atoms with Crippen molar-refractivity contribution in [3.8, 4) is 11.8 Å². The summed E-state index contributed by atoms with van der Waals surface area (Å²) in [5.74, 6) is 0.815. The molecule has 0 amide bonds. The summed E-state index contributed by atoms with van der Waals surface area (Å²) in [6, 6.07) is 15.5. The standard InChI is InChI=1S/C17H18N2O/c1-12-8-14(10-18)9-13(2)17(12)20-11-16(19)15-6-4-3-5-7-15/h3-9,16H,11,19H2,1-2H3. The molecule has 0 aliphatic carbocycles. The summed E-state index contributed by atoms with van der Waals surface area (Å²) in [4.78, 5) is 0. The van der Waals surface area contributed by atoms with E-state index in [0.29, 0.717) is 12.2 Å². The average molecular weight is 266 g/mol. The second-order valence-electron chi connectivity index (χ2n) is 4.88. The Balaban J connectivity index is 2.10. The van der Waals surface area contributed by atoms with Gasteiger partial charge in [-0.3, -0.25) is 0 Å². The van der Waals surface area contributed by atoms with E-state index in [1.54, 1.807) is 0 Å². The van der Waals surface area contributed by atoms with E-state index in [9.17, 15) is 0 Å². The maximum atomic E-state index is 8.93. The Morgan fingerprint density at radius 1 is 1.15 bits per heavy atom. The first-order chi connectivity index (χ1) is 9.61. The van der Waals surface area contributed by atoms with Gasteiger partial charge in [0.05, 0.1) is 17.7 Å². The van der Waals surface area contributed by atoms with E-state index < -0.39 is 0 Å². The Morgan fingerprint density at radius 3 is 2.30 bits per heavy atom. The first-order valence-electron chi connectivity index (χ1n) is 6.56. The summed E-state index contributed by atoms with van der Waals surface area (Å²) in [5, 5.41) is 8.93. The van der Waals surface area contributed by atoms with Crippen LogP contribution in [0.1, 0.15) is 28.3 Å². The molecule has 2 rings (SSSR count). The van der Waals surface area contributed by atoms with Gasteiger partial charge in [0, 0.05) is 0 Å². The van der Waals surface area contributed by atoms with Crippen molar-refractivity contribution in [3.05, 3.63) is 64.7 Å². The predicted molar refractivity (Wildman–Crippen MR) is 79.5 cm³/mol. The molecule has 0 radical (unpaired) electrons. The van der Waals surface area contributed by atoms with Crippen molar-refractivity contribution in [3.63, 3.8) is 0 Å².